The van der Waals surface area contributed by atoms with Crippen molar-refractivity contribution >= 4 is 23.7 Å². The van der Waals surface area contributed by atoms with Crippen LogP contribution in [-0.4, -0.2) is 59.5 Å². The van der Waals surface area contributed by atoms with Crippen LogP contribution in [0.4, 0.5) is 0 Å². The Morgan fingerprint density at radius 1 is 0.833 bits per heavy atom. The van der Waals surface area contributed by atoms with Crippen LogP contribution in [0.15, 0.2) is 0 Å². The van der Waals surface area contributed by atoms with Crippen molar-refractivity contribution in [3.63, 3.8) is 0 Å². The Kier molecular flexibility index (Phi) is 12.9. The lowest BCUT2D eigenvalue weighted by atomic mass is 10.0. The minimum Gasteiger partial charge on any atom is -0.480 e. The third kappa shape index (κ3) is 10.5. The second kappa shape index (κ2) is 13.9. The lowest BCUT2D eigenvalue weighted by Crippen LogP contribution is -2.57. The fourth-order valence-corrected chi connectivity index (χ4v) is 2.70. The smallest absolute Gasteiger partial charge is 0.326 e. The number of amides is 3. The quantitative estimate of drug-likeness (QED) is 0.205. The molecule has 0 saturated heterocycles. The van der Waals surface area contributed by atoms with Gasteiger partial charge >= 0.3 is 5.97 Å². The van der Waals surface area contributed by atoms with E-state index in [2.05, 4.69) is 16.0 Å². The molecule has 0 aliphatic carbocycles. The number of carbonyl (C=O) groups is 4. The maximum absolute atomic E-state index is 12.7. The van der Waals surface area contributed by atoms with E-state index in [-0.39, 0.29) is 18.3 Å². The van der Waals surface area contributed by atoms with E-state index in [9.17, 15) is 24.3 Å². The number of nitrogens with one attached hydrogen (secondary N) is 3. The Balaban J connectivity index is 5.08. The first-order valence-electron chi connectivity index (χ1n) is 10.5. The summed E-state index contributed by atoms with van der Waals surface area (Å²) in [6.45, 7) is 9.30. The largest absolute Gasteiger partial charge is 0.480 e. The highest BCUT2D eigenvalue weighted by Gasteiger charge is 2.29. The second-order valence-corrected chi connectivity index (χ2v) is 8.37. The van der Waals surface area contributed by atoms with Crippen molar-refractivity contribution in [1.29, 1.82) is 0 Å². The third-order valence-corrected chi connectivity index (χ3v) is 4.67. The van der Waals surface area contributed by atoms with E-state index in [1.54, 1.807) is 13.8 Å². The minimum absolute atomic E-state index is 0.0702. The van der Waals surface area contributed by atoms with Crippen molar-refractivity contribution in [1.82, 2.24) is 16.0 Å². The number of nitrogens with two attached hydrogens (primary N) is 2. The predicted octanol–water partition coefficient (Wildman–Crippen LogP) is -0.296. The van der Waals surface area contributed by atoms with Crippen LogP contribution < -0.4 is 27.4 Å². The molecule has 4 atom stereocenters. The molecular formula is C20H39N5O5. The molecule has 0 spiro atoms. The van der Waals surface area contributed by atoms with Gasteiger partial charge in [0.2, 0.25) is 17.7 Å². The minimum atomic E-state index is -1.14. The molecule has 0 aromatic heterocycles. The van der Waals surface area contributed by atoms with Crippen molar-refractivity contribution in [3.05, 3.63) is 0 Å². The average Bonchev–Trinajstić information content (AvgIpc) is 2.65. The molecule has 8 N–H and O–H groups in total. The van der Waals surface area contributed by atoms with Crippen molar-refractivity contribution < 1.29 is 24.3 Å². The molecular weight excluding hydrogens is 390 g/mol. The van der Waals surface area contributed by atoms with Gasteiger partial charge in [0.05, 0.1) is 6.04 Å². The molecule has 3 amide bonds. The van der Waals surface area contributed by atoms with Gasteiger partial charge in [-0.2, -0.15) is 0 Å². The molecule has 0 rings (SSSR count). The van der Waals surface area contributed by atoms with Gasteiger partial charge in [-0.25, -0.2) is 4.79 Å². The Morgan fingerprint density at radius 2 is 1.40 bits per heavy atom. The lowest BCUT2D eigenvalue weighted by molar-refractivity contribution is -0.142. The Hall–Kier alpha value is -2.20. The fourth-order valence-electron chi connectivity index (χ4n) is 2.70. The molecule has 174 valence electrons. The number of rotatable bonds is 14. The van der Waals surface area contributed by atoms with Gasteiger partial charge in [0.25, 0.3) is 0 Å². The Labute approximate surface area is 178 Å². The number of hydrogen-bond acceptors (Lipinski definition) is 6. The monoisotopic (exact) mass is 429 g/mol. The number of carbonyl (C=O) groups excluding carboxylic acids is 3. The van der Waals surface area contributed by atoms with Crippen molar-refractivity contribution in [2.45, 2.75) is 84.5 Å². The van der Waals surface area contributed by atoms with Gasteiger partial charge in [-0.1, -0.05) is 27.7 Å². The molecule has 0 aromatic carbocycles. The summed E-state index contributed by atoms with van der Waals surface area (Å²) < 4.78 is 0. The van der Waals surface area contributed by atoms with E-state index in [1.165, 1.54) is 6.92 Å². The SMILES string of the molecule is CC(C)CC(NC(=O)C(C)NC(=O)C(N)C(C)C)C(=O)NC(CCCCN)C(=O)O. The third-order valence-electron chi connectivity index (χ3n) is 4.67. The number of carboxylic acids is 1. The van der Waals surface area contributed by atoms with Gasteiger partial charge in [-0.05, 0) is 51.0 Å². The van der Waals surface area contributed by atoms with Crippen LogP contribution >= 0.6 is 0 Å². The fraction of sp³-hybridized carbons (Fsp3) is 0.800. The van der Waals surface area contributed by atoms with Crippen LogP contribution in [0.25, 0.3) is 0 Å². The molecule has 0 radical (unpaired) electrons. The number of carboxylic acid groups (broad SMARTS) is 1. The zero-order valence-electron chi connectivity index (χ0n) is 18.7. The van der Waals surface area contributed by atoms with E-state index < -0.39 is 47.9 Å². The topological polar surface area (TPSA) is 177 Å². The summed E-state index contributed by atoms with van der Waals surface area (Å²) in [4.78, 5) is 48.7. The standard InChI is InChI=1S/C20H39N5O5/c1-11(2)10-15(18(27)24-14(20(29)30)8-6-7-9-21)25-17(26)13(5)23-19(28)16(22)12(3)4/h11-16H,6-10,21-22H2,1-5H3,(H,23,28)(H,24,27)(H,25,26)(H,29,30). The van der Waals surface area contributed by atoms with E-state index in [4.69, 9.17) is 11.5 Å². The average molecular weight is 430 g/mol. The Bertz CT molecular complexity index is 582. The van der Waals surface area contributed by atoms with Gasteiger partial charge in [-0.15, -0.1) is 0 Å². The molecule has 0 aliphatic rings. The van der Waals surface area contributed by atoms with Crippen LogP contribution in [0.1, 0.15) is 60.3 Å². The van der Waals surface area contributed by atoms with Gasteiger partial charge < -0.3 is 32.5 Å². The molecule has 10 nitrogen and oxygen atoms in total. The summed E-state index contributed by atoms with van der Waals surface area (Å²) in [7, 11) is 0. The number of hydrogen-bond donors (Lipinski definition) is 6. The molecule has 10 heteroatoms. The van der Waals surface area contributed by atoms with Crippen LogP contribution in [0, 0.1) is 11.8 Å². The molecule has 0 fully saturated rings. The van der Waals surface area contributed by atoms with Gasteiger partial charge in [0.1, 0.15) is 18.1 Å². The predicted molar refractivity (Wildman–Crippen MR) is 114 cm³/mol. The van der Waals surface area contributed by atoms with Crippen LogP contribution in [0.3, 0.4) is 0 Å². The summed E-state index contributed by atoms with van der Waals surface area (Å²) in [5.74, 6) is -2.74. The molecule has 0 aliphatic heterocycles. The van der Waals surface area contributed by atoms with Crippen molar-refractivity contribution in [2.75, 3.05) is 6.54 Å². The van der Waals surface area contributed by atoms with E-state index in [1.807, 2.05) is 13.8 Å². The summed E-state index contributed by atoms with van der Waals surface area (Å²) in [5, 5.41) is 17.0. The highest BCUT2D eigenvalue weighted by molar-refractivity contribution is 5.93. The highest BCUT2D eigenvalue weighted by Crippen LogP contribution is 2.08. The molecule has 0 heterocycles. The van der Waals surface area contributed by atoms with Crippen molar-refractivity contribution in [3.8, 4) is 0 Å². The van der Waals surface area contributed by atoms with E-state index >= 15 is 0 Å². The van der Waals surface area contributed by atoms with E-state index in [0.717, 1.165) is 0 Å². The maximum Gasteiger partial charge on any atom is 0.326 e. The molecule has 30 heavy (non-hydrogen) atoms. The number of unbranched alkanes of at least 4 members (excludes halogenated alkanes) is 1. The second-order valence-electron chi connectivity index (χ2n) is 8.37. The van der Waals surface area contributed by atoms with Crippen LogP contribution in [0.5, 0.6) is 0 Å². The van der Waals surface area contributed by atoms with Crippen LogP contribution in [-0.2, 0) is 19.2 Å². The number of aliphatic carboxylic acids is 1. The van der Waals surface area contributed by atoms with Crippen LogP contribution in [0.2, 0.25) is 0 Å². The molecule has 0 saturated carbocycles. The summed E-state index contributed by atoms with van der Waals surface area (Å²) in [6.07, 6.45) is 1.79. The summed E-state index contributed by atoms with van der Waals surface area (Å²) in [5.41, 5.74) is 11.2. The normalized spacial score (nSPS) is 15.2. The van der Waals surface area contributed by atoms with Gasteiger partial charge in [0.15, 0.2) is 0 Å². The molecule has 4 unspecified atom stereocenters. The first-order chi connectivity index (χ1) is 13.9. The summed E-state index contributed by atoms with van der Waals surface area (Å²) in [6, 6.07) is -3.63. The Morgan fingerprint density at radius 3 is 1.87 bits per heavy atom. The van der Waals surface area contributed by atoms with Gasteiger partial charge in [-0.3, -0.25) is 14.4 Å². The first kappa shape index (κ1) is 27.8. The lowest BCUT2D eigenvalue weighted by Gasteiger charge is -2.25. The summed E-state index contributed by atoms with van der Waals surface area (Å²) >= 11 is 0. The van der Waals surface area contributed by atoms with Gasteiger partial charge in [0, 0.05) is 0 Å². The molecule has 0 bridgehead atoms. The highest BCUT2D eigenvalue weighted by atomic mass is 16.4. The zero-order valence-corrected chi connectivity index (χ0v) is 18.7. The maximum atomic E-state index is 12.7. The zero-order chi connectivity index (χ0) is 23.4. The van der Waals surface area contributed by atoms with Crippen molar-refractivity contribution in [2.24, 2.45) is 23.3 Å². The first-order valence-corrected chi connectivity index (χ1v) is 10.5. The van der Waals surface area contributed by atoms with E-state index in [0.29, 0.717) is 25.8 Å². The molecule has 0 aromatic rings.